The summed E-state index contributed by atoms with van der Waals surface area (Å²) in [6.45, 7) is 3.18. The Kier molecular flexibility index (Phi) is 5.78. The minimum atomic E-state index is -1.07. The van der Waals surface area contributed by atoms with Crippen molar-refractivity contribution in [1.82, 2.24) is 0 Å². The molecule has 0 aromatic heterocycles. The molecule has 1 atom stereocenters. The van der Waals surface area contributed by atoms with Gasteiger partial charge in [0, 0.05) is 10.0 Å². The summed E-state index contributed by atoms with van der Waals surface area (Å²) in [6.07, 6.45) is -0.939. The van der Waals surface area contributed by atoms with Crippen LogP contribution in [0.4, 0.5) is 0 Å². The first-order valence-electron chi connectivity index (χ1n) is 5.69. The normalized spacial score (nSPS) is 12.3. The maximum Gasteiger partial charge on any atom is 0.329 e. The summed E-state index contributed by atoms with van der Waals surface area (Å²) in [5, 5.41) is 18.7. The third-order valence-electron chi connectivity index (χ3n) is 2.75. The van der Waals surface area contributed by atoms with E-state index < -0.39 is 18.7 Å². The molecule has 0 spiro atoms. The molecule has 0 saturated heterocycles. The summed E-state index contributed by atoms with van der Waals surface area (Å²) in [4.78, 5) is 10.4. The number of aryl methyl sites for hydroxylation is 1. The van der Waals surface area contributed by atoms with Crippen LogP contribution < -0.4 is 4.74 Å². The highest BCUT2D eigenvalue weighted by atomic mass is 79.9. The largest absolute Gasteiger partial charge is 0.496 e. The molecule has 0 amide bonds. The van der Waals surface area contributed by atoms with Gasteiger partial charge in [0.25, 0.3) is 0 Å². The van der Waals surface area contributed by atoms with Gasteiger partial charge in [-0.25, -0.2) is 4.79 Å². The minimum Gasteiger partial charge on any atom is -0.496 e. The van der Waals surface area contributed by atoms with Gasteiger partial charge in [0.1, 0.15) is 18.5 Å². The molecular weight excluding hydrogens is 316 g/mol. The fourth-order valence-electron chi connectivity index (χ4n) is 1.89. The average molecular weight is 333 g/mol. The molecule has 6 heteroatoms. The van der Waals surface area contributed by atoms with Crippen molar-refractivity contribution in [1.29, 1.82) is 0 Å². The first kappa shape index (κ1) is 15.9. The van der Waals surface area contributed by atoms with Gasteiger partial charge in [0.2, 0.25) is 0 Å². The number of hydrogen-bond donors (Lipinski definition) is 2. The zero-order valence-electron chi connectivity index (χ0n) is 11.1. The zero-order valence-corrected chi connectivity index (χ0v) is 12.7. The molecule has 106 valence electrons. The van der Waals surface area contributed by atoms with Crippen LogP contribution in [0.25, 0.3) is 0 Å². The predicted octanol–water partition coefficient (Wildman–Crippen LogP) is 2.21. The fourth-order valence-corrected chi connectivity index (χ4v) is 2.45. The van der Waals surface area contributed by atoms with Crippen LogP contribution in [-0.2, 0) is 9.53 Å². The van der Waals surface area contributed by atoms with E-state index in [4.69, 9.17) is 14.6 Å². The number of benzene rings is 1. The minimum absolute atomic E-state index is 0.0978. The second-order valence-corrected chi connectivity index (χ2v) is 5.03. The van der Waals surface area contributed by atoms with E-state index in [0.29, 0.717) is 11.3 Å². The van der Waals surface area contributed by atoms with Crippen molar-refractivity contribution in [2.24, 2.45) is 0 Å². The lowest BCUT2D eigenvalue weighted by Crippen LogP contribution is -2.15. The Hall–Kier alpha value is -1.11. The number of hydrogen-bond acceptors (Lipinski definition) is 4. The molecule has 0 aliphatic carbocycles. The van der Waals surface area contributed by atoms with Crippen LogP contribution in [0, 0.1) is 13.8 Å². The predicted molar refractivity (Wildman–Crippen MR) is 73.6 cm³/mol. The molecule has 0 bridgehead atoms. The highest BCUT2D eigenvalue weighted by molar-refractivity contribution is 9.10. The van der Waals surface area contributed by atoms with Gasteiger partial charge < -0.3 is 19.7 Å². The number of aliphatic hydroxyl groups excluding tert-OH is 1. The number of halogens is 1. The van der Waals surface area contributed by atoms with E-state index in [1.165, 1.54) is 7.11 Å². The van der Waals surface area contributed by atoms with Gasteiger partial charge in [-0.15, -0.1) is 0 Å². The van der Waals surface area contributed by atoms with Crippen molar-refractivity contribution in [3.05, 3.63) is 27.2 Å². The topological polar surface area (TPSA) is 76.0 Å². The number of aliphatic carboxylic acids is 1. The smallest absolute Gasteiger partial charge is 0.329 e. The zero-order chi connectivity index (χ0) is 14.6. The third-order valence-corrected chi connectivity index (χ3v) is 3.57. The van der Waals surface area contributed by atoms with Gasteiger partial charge in [0.05, 0.1) is 13.7 Å². The second kappa shape index (κ2) is 6.88. The molecule has 0 saturated carbocycles. The Bertz CT molecular complexity index is 473. The van der Waals surface area contributed by atoms with Gasteiger partial charge in [0.15, 0.2) is 0 Å². The van der Waals surface area contributed by atoms with Crippen LogP contribution in [0.15, 0.2) is 10.5 Å². The van der Waals surface area contributed by atoms with Gasteiger partial charge >= 0.3 is 5.97 Å². The molecule has 19 heavy (non-hydrogen) atoms. The van der Waals surface area contributed by atoms with E-state index in [-0.39, 0.29) is 6.61 Å². The van der Waals surface area contributed by atoms with Crippen molar-refractivity contribution < 1.29 is 24.5 Å². The van der Waals surface area contributed by atoms with Crippen LogP contribution in [0.5, 0.6) is 5.75 Å². The van der Waals surface area contributed by atoms with Gasteiger partial charge in [-0.05, 0) is 31.0 Å². The molecule has 0 radical (unpaired) electrons. The summed E-state index contributed by atoms with van der Waals surface area (Å²) in [6, 6.07) is 1.91. The number of ether oxygens (including phenoxy) is 2. The van der Waals surface area contributed by atoms with Crippen molar-refractivity contribution in [3.63, 3.8) is 0 Å². The van der Waals surface area contributed by atoms with Crippen LogP contribution in [0.3, 0.4) is 0 Å². The summed E-state index contributed by atoms with van der Waals surface area (Å²) < 4.78 is 11.1. The third kappa shape index (κ3) is 3.92. The average Bonchev–Trinajstić information content (AvgIpc) is 2.32. The Morgan fingerprint density at radius 3 is 2.63 bits per heavy atom. The molecule has 1 unspecified atom stereocenters. The Morgan fingerprint density at radius 2 is 2.11 bits per heavy atom. The first-order chi connectivity index (χ1) is 8.88. The maximum atomic E-state index is 10.4. The van der Waals surface area contributed by atoms with E-state index in [0.717, 1.165) is 15.6 Å². The number of rotatable bonds is 6. The first-order valence-corrected chi connectivity index (χ1v) is 6.49. The summed E-state index contributed by atoms with van der Waals surface area (Å²) in [5.74, 6) is -0.478. The molecule has 0 aliphatic rings. The lowest BCUT2D eigenvalue weighted by Gasteiger charge is -2.20. The highest BCUT2D eigenvalue weighted by Gasteiger charge is 2.20. The Morgan fingerprint density at radius 1 is 1.47 bits per heavy atom. The van der Waals surface area contributed by atoms with E-state index in [1.807, 2.05) is 19.9 Å². The van der Waals surface area contributed by atoms with Crippen molar-refractivity contribution in [3.8, 4) is 5.75 Å². The van der Waals surface area contributed by atoms with Crippen LogP contribution in [0.1, 0.15) is 22.8 Å². The Labute approximate surface area is 120 Å². The van der Waals surface area contributed by atoms with E-state index in [1.54, 1.807) is 0 Å². The van der Waals surface area contributed by atoms with Gasteiger partial charge in [-0.1, -0.05) is 15.9 Å². The van der Waals surface area contributed by atoms with E-state index in [9.17, 15) is 9.90 Å². The van der Waals surface area contributed by atoms with Gasteiger partial charge in [-0.3, -0.25) is 0 Å². The molecule has 0 aliphatic heterocycles. The van der Waals surface area contributed by atoms with Gasteiger partial charge in [-0.2, -0.15) is 0 Å². The SMILES string of the molecule is COc1c(C)cc(Br)c(C)c1C(O)COCC(=O)O. The number of aliphatic hydroxyl groups is 1. The quantitative estimate of drug-likeness (QED) is 0.835. The molecule has 5 nitrogen and oxygen atoms in total. The number of carboxylic acids is 1. The van der Waals surface area contributed by atoms with Crippen LogP contribution in [0.2, 0.25) is 0 Å². The lowest BCUT2D eigenvalue weighted by atomic mass is 9.99. The van der Waals surface area contributed by atoms with E-state index >= 15 is 0 Å². The summed E-state index contributed by atoms with van der Waals surface area (Å²) >= 11 is 3.42. The molecule has 1 aromatic carbocycles. The van der Waals surface area contributed by atoms with Crippen molar-refractivity contribution in [2.45, 2.75) is 20.0 Å². The van der Waals surface area contributed by atoms with Crippen LogP contribution >= 0.6 is 15.9 Å². The molecule has 0 heterocycles. The maximum absolute atomic E-state index is 10.4. The molecule has 1 rings (SSSR count). The van der Waals surface area contributed by atoms with E-state index in [2.05, 4.69) is 15.9 Å². The second-order valence-electron chi connectivity index (χ2n) is 4.17. The molecule has 0 fully saturated rings. The monoisotopic (exact) mass is 332 g/mol. The summed E-state index contributed by atoms with van der Waals surface area (Å²) in [7, 11) is 1.53. The molecular formula is C13H17BrO5. The molecule has 1 aromatic rings. The molecule has 2 N–H and O–H groups in total. The fraction of sp³-hybridized carbons (Fsp3) is 0.462. The number of methoxy groups -OCH3 is 1. The Balaban J connectivity index is 3.00. The van der Waals surface area contributed by atoms with Crippen molar-refractivity contribution in [2.75, 3.05) is 20.3 Å². The lowest BCUT2D eigenvalue weighted by molar-refractivity contribution is -0.143. The number of carbonyl (C=O) groups is 1. The standard InChI is InChI=1S/C13H17BrO5/c1-7-4-9(14)8(2)12(13(7)18-3)10(15)5-19-6-11(16)17/h4,10,15H,5-6H2,1-3H3,(H,16,17). The highest BCUT2D eigenvalue weighted by Crippen LogP contribution is 2.36. The summed E-state index contributed by atoms with van der Waals surface area (Å²) in [5.41, 5.74) is 2.33. The van der Waals surface area contributed by atoms with Crippen molar-refractivity contribution >= 4 is 21.9 Å². The van der Waals surface area contributed by atoms with Crippen LogP contribution in [-0.4, -0.2) is 36.5 Å². The number of carboxylic acid groups (broad SMARTS) is 1.